The summed E-state index contributed by atoms with van der Waals surface area (Å²) in [5, 5.41) is 2.74. The zero-order valence-electron chi connectivity index (χ0n) is 10.1. The molecule has 0 bridgehead atoms. The highest BCUT2D eigenvalue weighted by molar-refractivity contribution is 5.76. The van der Waals surface area contributed by atoms with Gasteiger partial charge in [-0.3, -0.25) is 4.79 Å². The summed E-state index contributed by atoms with van der Waals surface area (Å²) in [6.45, 7) is 2.38. The maximum absolute atomic E-state index is 13.2. The zero-order chi connectivity index (χ0) is 12.7. The van der Waals surface area contributed by atoms with Gasteiger partial charge in [0.05, 0.1) is 0 Å². The van der Waals surface area contributed by atoms with E-state index in [4.69, 9.17) is 5.73 Å². The second-order valence-corrected chi connectivity index (χ2v) is 4.06. The van der Waals surface area contributed by atoms with Gasteiger partial charge in [-0.05, 0) is 24.5 Å². The number of nitrogens with one attached hydrogen (secondary N) is 1. The average Bonchev–Trinajstić information content (AvgIpc) is 2.31. The Balaban J connectivity index is 2.29. The van der Waals surface area contributed by atoms with Gasteiger partial charge in [-0.25, -0.2) is 4.39 Å². The first kappa shape index (κ1) is 13.6. The molecule has 0 aliphatic carbocycles. The Morgan fingerprint density at radius 3 is 2.82 bits per heavy atom. The Morgan fingerprint density at radius 2 is 2.18 bits per heavy atom. The fourth-order valence-corrected chi connectivity index (χ4v) is 1.49. The lowest BCUT2D eigenvalue weighted by molar-refractivity contribution is -0.121. The minimum absolute atomic E-state index is 0.0734. The lowest BCUT2D eigenvalue weighted by atomic mass is 10.1. The topological polar surface area (TPSA) is 55.1 Å². The van der Waals surface area contributed by atoms with Gasteiger partial charge in [0.15, 0.2) is 0 Å². The molecule has 3 nitrogen and oxygen atoms in total. The van der Waals surface area contributed by atoms with Crippen LogP contribution in [0.25, 0.3) is 0 Å². The molecule has 4 heteroatoms. The number of hydrogen-bond acceptors (Lipinski definition) is 2. The quantitative estimate of drug-likeness (QED) is 0.791. The molecule has 0 aromatic heterocycles. The van der Waals surface area contributed by atoms with E-state index in [-0.39, 0.29) is 17.8 Å². The molecular formula is C13H19FN2O. The maximum atomic E-state index is 13.2. The van der Waals surface area contributed by atoms with E-state index < -0.39 is 0 Å². The lowest BCUT2D eigenvalue weighted by Gasteiger charge is -2.09. The van der Waals surface area contributed by atoms with Crippen LogP contribution in [0, 0.1) is 5.82 Å². The molecule has 1 aromatic carbocycles. The molecule has 17 heavy (non-hydrogen) atoms. The number of benzene rings is 1. The van der Waals surface area contributed by atoms with E-state index in [2.05, 4.69) is 5.32 Å². The van der Waals surface area contributed by atoms with Gasteiger partial charge < -0.3 is 11.1 Å². The van der Waals surface area contributed by atoms with Crippen molar-refractivity contribution >= 4 is 5.91 Å². The van der Waals surface area contributed by atoms with Crippen LogP contribution in [0.1, 0.15) is 25.3 Å². The van der Waals surface area contributed by atoms with E-state index in [1.165, 1.54) is 6.07 Å². The molecule has 0 saturated carbocycles. The van der Waals surface area contributed by atoms with Gasteiger partial charge in [0.2, 0.25) is 5.91 Å². The van der Waals surface area contributed by atoms with Gasteiger partial charge in [-0.15, -0.1) is 0 Å². The number of rotatable bonds is 6. The van der Waals surface area contributed by atoms with Crippen molar-refractivity contribution < 1.29 is 9.18 Å². The summed E-state index contributed by atoms with van der Waals surface area (Å²) in [6.07, 6.45) is 1.61. The molecule has 0 aliphatic heterocycles. The minimum Gasteiger partial charge on any atom is -0.356 e. The van der Waals surface area contributed by atoms with Crippen molar-refractivity contribution in [2.24, 2.45) is 5.73 Å². The second-order valence-electron chi connectivity index (χ2n) is 4.06. The minimum atomic E-state index is -0.230. The molecule has 0 aliphatic rings. The summed E-state index contributed by atoms with van der Waals surface area (Å²) in [6, 6.07) is 6.48. The highest BCUT2D eigenvalue weighted by atomic mass is 19.1. The van der Waals surface area contributed by atoms with Gasteiger partial charge in [0.1, 0.15) is 5.82 Å². The fraction of sp³-hybridized carbons (Fsp3) is 0.462. The normalized spacial score (nSPS) is 12.2. The van der Waals surface area contributed by atoms with Crippen LogP contribution in [0.3, 0.4) is 0 Å². The van der Waals surface area contributed by atoms with E-state index in [1.54, 1.807) is 18.2 Å². The summed E-state index contributed by atoms with van der Waals surface area (Å²) in [5.74, 6) is -0.303. The van der Waals surface area contributed by atoms with Crippen LogP contribution < -0.4 is 11.1 Å². The van der Waals surface area contributed by atoms with Crippen LogP contribution in [0.4, 0.5) is 4.39 Å². The standard InChI is InChI=1S/C13H19FN2O/c1-2-11(15)9-13(17)16-8-7-10-5-3-4-6-12(10)14/h3-6,11H,2,7-9,15H2,1H3,(H,16,17). The first-order valence-corrected chi connectivity index (χ1v) is 5.89. The van der Waals surface area contributed by atoms with Gasteiger partial charge >= 0.3 is 0 Å². The Hall–Kier alpha value is -1.42. The van der Waals surface area contributed by atoms with Gasteiger partial charge in [0, 0.05) is 19.0 Å². The third-order valence-electron chi connectivity index (χ3n) is 2.65. The molecule has 1 amide bonds. The van der Waals surface area contributed by atoms with Crippen molar-refractivity contribution in [2.45, 2.75) is 32.2 Å². The summed E-state index contributed by atoms with van der Waals surface area (Å²) >= 11 is 0. The Kier molecular flexibility index (Phi) is 5.63. The average molecular weight is 238 g/mol. The zero-order valence-corrected chi connectivity index (χ0v) is 10.1. The molecule has 1 unspecified atom stereocenters. The molecule has 0 heterocycles. The smallest absolute Gasteiger partial charge is 0.221 e. The number of carbonyl (C=O) groups excluding carboxylic acids is 1. The number of amides is 1. The number of halogens is 1. The van der Waals surface area contributed by atoms with Gasteiger partial charge in [-0.1, -0.05) is 25.1 Å². The molecule has 0 saturated heterocycles. The van der Waals surface area contributed by atoms with Crippen LogP contribution in [0.5, 0.6) is 0 Å². The highest BCUT2D eigenvalue weighted by Crippen LogP contribution is 2.06. The van der Waals surface area contributed by atoms with Crippen LogP contribution in [0.15, 0.2) is 24.3 Å². The molecule has 0 fully saturated rings. The Bertz CT molecular complexity index is 368. The third-order valence-corrected chi connectivity index (χ3v) is 2.65. The SMILES string of the molecule is CCC(N)CC(=O)NCCc1ccccc1F. The van der Waals surface area contributed by atoms with E-state index in [1.807, 2.05) is 6.92 Å². The molecule has 1 atom stereocenters. The number of nitrogens with two attached hydrogens (primary N) is 1. The van der Waals surface area contributed by atoms with Crippen molar-refractivity contribution in [3.8, 4) is 0 Å². The maximum Gasteiger partial charge on any atom is 0.221 e. The van der Waals surface area contributed by atoms with Crippen molar-refractivity contribution in [2.75, 3.05) is 6.54 Å². The monoisotopic (exact) mass is 238 g/mol. The highest BCUT2D eigenvalue weighted by Gasteiger charge is 2.07. The van der Waals surface area contributed by atoms with E-state index in [0.29, 0.717) is 24.9 Å². The summed E-state index contributed by atoms with van der Waals surface area (Å²) in [4.78, 5) is 11.4. The summed E-state index contributed by atoms with van der Waals surface area (Å²) in [7, 11) is 0. The Labute approximate surface area is 101 Å². The predicted molar refractivity (Wildman–Crippen MR) is 66.0 cm³/mol. The first-order chi connectivity index (χ1) is 8.13. The molecule has 1 rings (SSSR count). The largest absolute Gasteiger partial charge is 0.356 e. The van der Waals surface area contributed by atoms with Crippen LogP contribution in [-0.2, 0) is 11.2 Å². The third kappa shape index (κ3) is 4.95. The van der Waals surface area contributed by atoms with Crippen LogP contribution >= 0.6 is 0 Å². The second kappa shape index (κ2) is 7.01. The van der Waals surface area contributed by atoms with Crippen LogP contribution in [-0.4, -0.2) is 18.5 Å². The van der Waals surface area contributed by atoms with Crippen molar-refractivity contribution in [3.05, 3.63) is 35.6 Å². The van der Waals surface area contributed by atoms with Crippen molar-refractivity contribution in [3.63, 3.8) is 0 Å². The lowest BCUT2D eigenvalue weighted by Crippen LogP contribution is -2.32. The van der Waals surface area contributed by atoms with Crippen LogP contribution in [0.2, 0.25) is 0 Å². The van der Waals surface area contributed by atoms with E-state index in [9.17, 15) is 9.18 Å². The van der Waals surface area contributed by atoms with Gasteiger partial charge in [-0.2, -0.15) is 0 Å². The number of hydrogen-bond donors (Lipinski definition) is 2. The predicted octanol–water partition coefficient (Wildman–Crippen LogP) is 1.61. The van der Waals surface area contributed by atoms with E-state index in [0.717, 1.165) is 6.42 Å². The van der Waals surface area contributed by atoms with Crippen molar-refractivity contribution in [1.82, 2.24) is 5.32 Å². The van der Waals surface area contributed by atoms with Gasteiger partial charge in [0.25, 0.3) is 0 Å². The van der Waals surface area contributed by atoms with Crippen molar-refractivity contribution in [1.29, 1.82) is 0 Å². The van der Waals surface area contributed by atoms with E-state index >= 15 is 0 Å². The Morgan fingerprint density at radius 1 is 1.47 bits per heavy atom. The molecule has 3 N–H and O–H groups in total. The molecule has 1 aromatic rings. The molecule has 0 radical (unpaired) electrons. The molecule has 0 spiro atoms. The molecular weight excluding hydrogens is 219 g/mol. The number of carbonyl (C=O) groups is 1. The first-order valence-electron chi connectivity index (χ1n) is 5.89. The summed E-state index contributed by atoms with van der Waals surface area (Å²) < 4.78 is 13.2. The fourth-order valence-electron chi connectivity index (χ4n) is 1.49. The molecule has 94 valence electrons. The summed E-state index contributed by atoms with van der Waals surface area (Å²) in [5.41, 5.74) is 6.28.